The molecule has 7 unspecified atom stereocenters. The van der Waals surface area contributed by atoms with Crippen LogP contribution in [0.25, 0.3) is 0 Å². The molecule has 13 atom stereocenters. The lowest BCUT2D eigenvalue weighted by Crippen LogP contribution is -2.54. The molecule has 2 saturated carbocycles. The summed E-state index contributed by atoms with van der Waals surface area (Å²) in [5.41, 5.74) is -0.991. The van der Waals surface area contributed by atoms with Crippen molar-refractivity contribution in [3.8, 4) is 0 Å². The van der Waals surface area contributed by atoms with E-state index in [1.807, 2.05) is 6.92 Å². The molecule has 218 valence electrons. The third-order valence-electron chi connectivity index (χ3n) is 10.7. The first kappa shape index (κ1) is 31.3. The minimum atomic E-state index is -1.09. The van der Waals surface area contributed by atoms with Gasteiger partial charge in [-0.1, -0.05) is 53.9 Å². The molecule has 0 spiro atoms. The summed E-state index contributed by atoms with van der Waals surface area (Å²) in [6.45, 7) is 15.3. The van der Waals surface area contributed by atoms with Gasteiger partial charge in [0.2, 0.25) is 0 Å². The number of fused-ring (bicyclic) bond motifs is 1. The van der Waals surface area contributed by atoms with Gasteiger partial charge < -0.3 is 29.9 Å². The third kappa shape index (κ3) is 7.49. The van der Waals surface area contributed by atoms with Crippen molar-refractivity contribution >= 4 is 0 Å². The summed E-state index contributed by atoms with van der Waals surface area (Å²) < 4.78 is 12.0. The summed E-state index contributed by atoms with van der Waals surface area (Å²) in [4.78, 5) is 0. The van der Waals surface area contributed by atoms with Crippen molar-refractivity contribution in [2.24, 2.45) is 47.3 Å². The lowest BCUT2D eigenvalue weighted by atomic mass is 9.60. The molecule has 2 aliphatic carbocycles. The number of rotatable bonds is 10. The topological polar surface area (TPSA) is 99.4 Å². The molecule has 0 aromatic heterocycles. The fourth-order valence-electron chi connectivity index (χ4n) is 8.20. The van der Waals surface area contributed by atoms with E-state index in [-0.39, 0.29) is 42.3 Å². The molecule has 37 heavy (non-hydrogen) atoms. The Morgan fingerprint density at radius 3 is 2.27 bits per heavy atom. The first-order valence-electron chi connectivity index (χ1n) is 15.4. The Balaban J connectivity index is 1.71. The molecule has 3 fully saturated rings. The maximum Gasteiger partial charge on any atom is 0.162 e. The molecular weight excluding hydrogens is 468 g/mol. The Kier molecular flexibility index (Phi) is 11.0. The Bertz CT molecular complexity index is 699. The summed E-state index contributed by atoms with van der Waals surface area (Å²) in [6.07, 6.45) is 6.50. The van der Waals surface area contributed by atoms with Crippen LogP contribution in [-0.4, -0.2) is 63.3 Å². The smallest absolute Gasteiger partial charge is 0.162 e. The van der Waals surface area contributed by atoms with Crippen molar-refractivity contribution in [3.05, 3.63) is 0 Å². The van der Waals surface area contributed by atoms with Crippen LogP contribution in [0.4, 0.5) is 0 Å². The molecule has 1 heterocycles. The molecule has 1 aliphatic heterocycles. The normalized spacial score (nSPS) is 43.2. The van der Waals surface area contributed by atoms with Crippen LogP contribution >= 0.6 is 0 Å². The van der Waals surface area contributed by atoms with Gasteiger partial charge in [0, 0.05) is 6.42 Å². The van der Waals surface area contributed by atoms with E-state index in [9.17, 15) is 20.4 Å². The van der Waals surface area contributed by atoms with Gasteiger partial charge in [0.15, 0.2) is 5.79 Å². The second-order valence-electron chi connectivity index (χ2n) is 13.8. The van der Waals surface area contributed by atoms with Crippen molar-refractivity contribution in [1.82, 2.24) is 0 Å². The summed E-state index contributed by atoms with van der Waals surface area (Å²) >= 11 is 0. The van der Waals surface area contributed by atoms with Crippen LogP contribution in [0.1, 0.15) is 106 Å². The highest BCUT2D eigenvalue weighted by atomic mass is 16.6. The zero-order valence-corrected chi connectivity index (χ0v) is 24.7. The van der Waals surface area contributed by atoms with Crippen LogP contribution < -0.4 is 0 Å². The first-order chi connectivity index (χ1) is 17.3. The molecule has 0 bridgehead atoms. The van der Waals surface area contributed by atoms with Gasteiger partial charge in [0.05, 0.1) is 37.1 Å². The zero-order chi connectivity index (χ0) is 27.5. The molecule has 1 saturated heterocycles. The van der Waals surface area contributed by atoms with Gasteiger partial charge in [-0.3, -0.25) is 0 Å². The number of hydrogen-bond donors (Lipinski definition) is 4. The number of aliphatic hydroxyl groups is 4. The van der Waals surface area contributed by atoms with Crippen molar-refractivity contribution in [2.75, 3.05) is 13.2 Å². The van der Waals surface area contributed by atoms with Crippen molar-refractivity contribution in [1.29, 1.82) is 0 Å². The highest BCUT2D eigenvalue weighted by molar-refractivity contribution is 4.99. The highest BCUT2D eigenvalue weighted by Crippen LogP contribution is 2.49. The van der Waals surface area contributed by atoms with Gasteiger partial charge in [-0.15, -0.1) is 0 Å². The first-order valence-corrected chi connectivity index (χ1v) is 15.4. The standard InChI is InChI=1S/C31H58O6/c1-8-9-21(4)36-18-31(35)16-19(2)10-13-27(31)23(6)29(33)28(32)22(5)25-12-11-20(3)24-14-15-30(7,34)37-17-26(24)25/h19-29,32-35H,8-18H2,1-7H3/t19-,20-,21?,22?,23?,24?,25+,26?,27+,28?,29?,30+,31+/m1/s1. The molecule has 6 nitrogen and oxygen atoms in total. The summed E-state index contributed by atoms with van der Waals surface area (Å²) in [7, 11) is 0. The molecule has 3 aliphatic rings. The molecule has 0 aromatic rings. The molecule has 0 radical (unpaired) electrons. The highest BCUT2D eigenvalue weighted by Gasteiger charge is 2.49. The van der Waals surface area contributed by atoms with Crippen LogP contribution in [-0.2, 0) is 9.47 Å². The fourth-order valence-corrected chi connectivity index (χ4v) is 8.20. The number of ether oxygens (including phenoxy) is 2. The van der Waals surface area contributed by atoms with Crippen LogP contribution in [0.5, 0.6) is 0 Å². The molecule has 4 N–H and O–H groups in total. The van der Waals surface area contributed by atoms with E-state index in [4.69, 9.17) is 9.47 Å². The van der Waals surface area contributed by atoms with E-state index in [0.717, 1.165) is 44.9 Å². The monoisotopic (exact) mass is 526 g/mol. The van der Waals surface area contributed by atoms with Gasteiger partial charge in [-0.25, -0.2) is 0 Å². The van der Waals surface area contributed by atoms with Crippen molar-refractivity contribution in [2.45, 2.75) is 136 Å². The average Bonchev–Trinajstić information content (AvgIpc) is 3.00. The molecule has 0 aromatic carbocycles. The van der Waals surface area contributed by atoms with Gasteiger partial charge in [0.1, 0.15) is 0 Å². The SMILES string of the molecule is CCCC(C)OC[C@@]1(O)C[C@H](C)CC[C@H]1C(C)C(O)C(O)C(C)[C@@H]1CC[C@@H](C)C2CC[C@@](C)(O)OCC21. The summed E-state index contributed by atoms with van der Waals surface area (Å²) in [5, 5.41) is 45.4. The maximum atomic E-state index is 11.8. The third-order valence-corrected chi connectivity index (χ3v) is 10.7. The number of hydrogen-bond acceptors (Lipinski definition) is 6. The second-order valence-corrected chi connectivity index (χ2v) is 13.8. The molecular formula is C31H58O6. The van der Waals surface area contributed by atoms with Gasteiger partial charge >= 0.3 is 0 Å². The minimum absolute atomic E-state index is 0.0967. The summed E-state index contributed by atoms with van der Waals surface area (Å²) in [5.74, 6) is 0.395. The van der Waals surface area contributed by atoms with Crippen LogP contribution in [0.15, 0.2) is 0 Å². The Hall–Kier alpha value is -0.240. The zero-order valence-electron chi connectivity index (χ0n) is 24.7. The van der Waals surface area contributed by atoms with Gasteiger partial charge in [-0.2, -0.15) is 0 Å². The van der Waals surface area contributed by atoms with E-state index < -0.39 is 23.6 Å². The molecule has 3 rings (SSSR count). The Morgan fingerprint density at radius 1 is 0.919 bits per heavy atom. The fraction of sp³-hybridized carbons (Fsp3) is 1.00. The quantitative estimate of drug-likeness (QED) is 0.314. The maximum absolute atomic E-state index is 11.8. The van der Waals surface area contributed by atoms with Crippen molar-refractivity contribution in [3.63, 3.8) is 0 Å². The average molecular weight is 527 g/mol. The van der Waals surface area contributed by atoms with Gasteiger partial charge in [-0.05, 0) is 93.3 Å². The largest absolute Gasteiger partial charge is 0.390 e. The summed E-state index contributed by atoms with van der Waals surface area (Å²) in [6, 6.07) is 0. The predicted octanol–water partition coefficient (Wildman–Crippen LogP) is 5.15. The van der Waals surface area contributed by atoms with Crippen molar-refractivity contribution < 1.29 is 29.9 Å². The Labute approximate surface area is 226 Å². The lowest BCUT2D eigenvalue weighted by Gasteiger charge is -2.48. The molecule has 0 amide bonds. The molecule has 6 heteroatoms. The van der Waals surface area contributed by atoms with E-state index in [1.165, 1.54) is 0 Å². The van der Waals surface area contributed by atoms with E-state index in [0.29, 0.717) is 37.2 Å². The predicted molar refractivity (Wildman–Crippen MR) is 147 cm³/mol. The van der Waals surface area contributed by atoms with Crippen LogP contribution in [0.3, 0.4) is 0 Å². The number of aliphatic hydroxyl groups excluding tert-OH is 2. The minimum Gasteiger partial charge on any atom is -0.390 e. The van der Waals surface area contributed by atoms with Gasteiger partial charge in [0.25, 0.3) is 0 Å². The van der Waals surface area contributed by atoms with Crippen LogP contribution in [0.2, 0.25) is 0 Å². The van der Waals surface area contributed by atoms with Crippen LogP contribution in [0, 0.1) is 47.3 Å². The Morgan fingerprint density at radius 2 is 1.59 bits per heavy atom. The van der Waals surface area contributed by atoms with E-state index in [2.05, 4.69) is 34.6 Å². The van der Waals surface area contributed by atoms with E-state index in [1.54, 1.807) is 6.92 Å². The second kappa shape index (κ2) is 13.0. The lowest BCUT2D eigenvalue weighted by molar-refractivity contribution is -0.198. The van der Waals surface area contributed by atoms with E-state index >= 15 is 0 Å².